The lowest BCUT2D eigenvalue weighted by molar-refractivity contribution is -0.265. The molecule has 14 heteroatoms. The molecule has 15 atom stereocenters. The molecule has 0 spiro atoms. The number of piperidine rings is 1. The molecule has 0 aromatic carbocycles. The first-order chi connectivity index (χ1) is 30.2. The summed E-state index contributed by atoms with van der Waals surface area (Å²) in [5, 5.41) is 44.5. The number of esters is 1. The zero-order chi connectivity index (χ0) is 47.5. The average molecular weight is 900 g/mol. The van der Waals surface area contributed by atoms with Gasteiger partial charge in [0.2, 0.25) is 5.79 Å². The van der Waals surface area contributed by atoms with Crippen LogP contribution in [0.2, 0.25) is 0 Å². The number of rotatable bonds is 5. The third-order valence-electron chi connectivity index (χ3n) is 14.2. The molecule has 3 heterocycles. The molecule has 15 unspecified atom stereocenters. The van der Waals surface area contributed by atoms with Crippen molar-refractivity contribution in [2.24, 2.45) is 35.5 Å². The summed E-state index contributed by atoms with van der Waals surface area (Å²) in [5.41, 5.74) is 1.11. The van der Waals surface area contributed by atoms with Gasteiger partial charge in [-0.3, -0.25) is 19.2 Å². The van der Waals surface area contributed by atoms with Crippen molar-refractivity contribution in [3.8, 4) is 0 Å². The summed E-state index contributed by atoms with van der Waals surface area (Å²) in [6.07, 6.45) is 9.84. The summed E-state index contributed by atoms with van der Waals surface area (Å²) in [6, 6.07) is -1.15. The number of nitrogens with zero attached hydrogens (tertiary/aromatic N) is 1. The van der Waals surface area contributed by atoms with Gasteiger partial charge in [0.25, 0.3) is 11.7 Å². The molecular weight excluding hydrogens is 823 g/mol. The first kappa shape index (κ1) is 53.2. The molecule has 4 N–H and O–H groups in total. The number of ether oxygens (including phenoxy) is 4. The van der Waals surface area contributed by atoms with Gasteiger partial charge in [0.05, 0.1) is 24.4 Å². The highest BCUT2D eigenvalue weighted by Crippen LogP contribution is 2.38. The molecule has 1 amide bonds. The molecule has 0 aromatic heterocycles. The first-order valence-corrected chi connectivity index (χ1v) is 23.5. The van der Waals surface area contributed by atoms with Crippen molar-refractivity contribution in [1.82, 2.24) is 4.90 Å². The van der Waals surface area contributed by atoms with Crippen molar-refractivity contribution >= 4 is 29.2 Å². The van der Waals surface area contributed by atoms with E-state index in [9.17, 15) is 44.4 Å². The van der Waals surface area contributed by atoms with Gasteiger partial charge in [-0.1, -0.05) is 71.1 Å². The van der Waals surface area contributed by atoms with E-state index in [4.69, 9.17) is 18.9 Å². The minimum Gasteiger partial charge on any atom is -0.460 e. The van der Waals surface area contributed by atoms with E-state index in [0.29, 0.717) is 64.2 Å². The Morgan fingerprint density at radius 2 is 1.56 bits per heavy atom. The fraction of sp³-hybridized carbons (Fsp3) is 0.740. The molecule has 14 nitrogen and oxygen atoms in total. The number of aliphatic hydroxyl groups excluding tert-OH is 3. The van der Waals surface area contributed by atoms with Crippen LogP contribution in [0.3, 0.4) is 0 Å². The Morgan fingerprint density at radius 1 is 0.844 bits per heavy atom. The van der Waals surface area contributed by atoms with Crippen LogP contribution in [0.5, 0.6) is 0 Å². The van der Waals surface area contributed by atoms with Crippen LogP contribution in [0.25, 0.3) is 0 Å². The highest BCUT2D eigenvalue weighted by atomic mass is 16.6. The highest BCUT2D eigenvalue weighted by Gasteiger charge is 2.53. The molecule has 3 fully saturated rings. The van der Waals surface area contributed by atoms with Crippen molar-refractivity contribution in [1.29, 1.82) is 0 Å². The van der Waals surface area contributed by atoms with Crippen LogP contribution in [-0.2, 0) is 42.9 Å². The largest absolute Gasteiger partial charge is 0.460 e. The number of Topliss-reactive ketones (excluding diaryl/α,β-unsaturated/α-hetero) is 3. The second-order valence-electron chi connectivity index (χ2n) is 19.4. The number of ketones is 3. The topological polar surface area (TPSA) is 206 Å². The van der Waals surface area contributed by atoms with Crippen LogP contribution in [0.4, 0.5) is 0 Å². The smallest absolute Gasteiger partial charge is 0.329 e. The predicted molar refractivity (Wildman–Crippen MR) is 240 cm³/mol. The standard InChI is InChI=1S/C50H77NO13/c1-29-15-11-10-12-16-30(2)41(61-8)27-37-20-18-35(7)50(60,64-37)47(57)48(58)51-22-14-13-17-38(51)49(59)63-42(32(4)25-36-19-21-39(52)43(26-36)62-9)28-40(53)31(3)24-34(6)45(55)46(56)44(54)33(5)23-29/h10-12,15-16,24,29,31-33,35-39,41-43,45-46,52,55-56,60H,13-14,17-23,25-28H2,1-9H3/b12-10?,15-11+,30-16?,34-24+. The molecule has 4 rings (SSSR count). The number of aliphatic hydroxyl groups is 4. The van der Waals surface area contributed by atoms with Gasteiger partial charge in [0.15, 0.2) is 5.78 Å². The average Bonchev–Trinajstić information content (AvgIpc) is 3.27. The maximum Gasteiger partial charge on any atom is 0.329 e. The number of carbonyl (C=O) groups excluding carboxylic acids is 5. The third-order valence-corrected chi connectivity index (χ3v) is 14.2. The van der Waals surface area contributed by atoms with E-state index < -0.39 is 89.6 Å². The van der Waals surface area contributed by atoms with E-state index in [1.807, 2.05) is 51.2 Å². The second kappa shape index (κ2) is 24.4. The van der Waals surface area contributed by atoms with Crippen LogP contribution in [0.15, 0.2) is 47.6 Å². The summed E-state index contributed by atoms with van der Waals surface area (Å²) in [4.78, 5) is 71.2. The Labute approximate surface area is 380 Å². The van der Waals surface area contributed by atoms with Gasteiger partial charge in [0, 0.05) is 51.4 Å². The lowest BCUT2D eigenvalue weighted by atomic mass is 9.78. The number of fused-ring (bicyclic) bond motifs is 3. The van der Waals surface area contributed by atoms with Crippen molar-refractivity contribution in [2.75, 3.05) is 20.8 Å². The molecule has 4 aliphatic rings. The lowest BCUT2D eigenvalue weighted by Crippen LogP contribution is -2.61. The normalized spacial score (nSPS) is 39.5. The molecule has 64 heavy (non-hydrogen) atoms. The summed E-state index contributed by atoms with van der Waals surface area (Å²) in [6.45, 7) is 12.4. The van der Waals surface area contributed by atoms with Crippen LogP contribution in [-0.4, -0.2) is 130 Å². The fourth-order valence-corrected chi connectivity index (χ4v) is 9.89. The van der Waals surface area contributed by atoms with Crippen LogP contribution >= 0.6 is 0 Å². The van der Waals surface area contributed by atoms with Crippen LogP contribution in [0, 0.1) is 35.5 Å². The zero-order valence-corrected chi connectivity index (χ0v) is 39.6. The van der Waals surface area contributed by atoms with Crippen LogP contribution in [0.1, 0.15) is 126 Å². The zero-order valence-electron chi connectivity index (χ0n) is 39.6. The number of methoxy groups -OCH3 is 2. The number of cyclic esters (lactones) is 1. The number of allylic oxidation sites excluding steroid dienone is 6. The molecule has 2 saturated heterocycles. The lowest BCUT2D eigenvalue weighted by Gasteiger charge is -2.42. The first-order valence-electron chi connectivity index (χ1n) is 23.5. The molecule has 1 saturated carbocycles. The third kappa shape index (κ3) is 13.8. The van der Waals surface area contributed by atoms with Crippen molar-refractivity contribution in [2.45, 2.75) is 180 Å². The molecule has 0 radical (unpaired) electrons. The van der Waals surface area contributed by atoms with E-state index >= 15 is 0 Å². The maximum atomic E-state index is 14.3. The predicted octanol–water partition coefficient (Wildman–Crippen LogP) is 5.53. The molecule has 1 aliphatic carbocycles. The summed E-state index contributed by atoms with van der Waals surface area (Å²) in [7, 11) is 3.12. The Morgan fingerprint density at radius 3 is 2.25 bits per heavy atom. The van der Waals surface area contributed by atoms with Gasteiger partial charge in [-0.25, -0.2) is 4.79 Å². The van der Waals surface area contributed by atoms with Gasteiger partial charge in [0.1, 0.15) is 30.1 Å². The van der Waals surface area contributed by atoms with Crippen molar-refractivity contribution in [3.05, 3.63) is 47.6 Å². The number of carbonyl (C=O) groups is 5. The van der Waals surface area contributed by atoms with Gasteiger partial charge < -0.3 is 44.3 Å². The van der Waals surface area contributed by atoms with E-state index in [1.54, 1.807) is 41.9 Å². The molecule has 360 valence electrons. The Bertz CT molecular complexity index is 1740. The van der Waals surface area contributed by atoms with Gasteiger partial charge >= 0.3 is 5.97 Å². The molecular formula is C50H77NO13. The van der Waals surface area contributed by atoms with Gasteiger partial charge in [-0.05, 0) is 107 Å². The van der Waals surface area contributed by atoms with Crippen LogP contribution < -0.4 is 0 Å². The number of hydrogen-bond donors (Lipinski definition) is 4. The summed E-state index contributed by atoms with van der Waals surface area (Å²) < 4.78 is 23.7. The van der Waals surface area contributed by atoms with Crippen molar-refractivity contribution in [3.63, 3.8) is 0 Å². The van der Waals surface area contributed by atoms with Gasteiger partial charge in [-0.15, -0.1) is 0 Å². The minimum atomic E-state index is -2.44. The molecule has 3 aliphatic heterocycles. The van der Waals surface area contributed by atoms with E-state index in [-0.39, 0.29) is 54.6 Å². The summed E-state index contributed by atoms with van der Waals surface area (Å²) >= 11 is 0. The van der Waals surface area contributed by atoms with Gasteiger partial charge in [-0.2, -0.15) is 0 Å². The molecule has 0 aromatic rings. The SMILES string of the molecule is COC1CC2CCC(C)C(O)(O2)C(=O)C(=O)N2CCCCC2C(=O)OC(C(C)CC2CCC(O)C(OC)C2)CC(=O)C(C)/C=C(\C)C(O)C(O)C(=O)C(C)CC(C)/C=C/C=CC=C1C. The highest BCUT2D eigenvalue weighted by molar-refractivity contribution is 6.39. The molecule has 2 bridgehead atoms. The number of hydrogen-bond acceptors (Lipinski definition) is 13. The second-order valence-corrected chi connectivity index (χ2v) is 19.4. The van der Waals surface area contributed by atoms with Crippen molar-refractivity contribution < 1.29 is 63.3 Å². The maximum absolute atomic E-state index is 14.3. The van der Waals surface area contributed by atoms with E-state index in [0.717, 1.165) is 5.57 Å². The van der Waals surface area contributed by atoms with E-state index in [1.165, 1.54) is 11.0 Å². The Kier molecular flexibility index (Phi) is 20.3. The summed E-state index contributed by atoms with van der Waals surface area (Å²) in [5.74, 6) is -8.59. The monoisotopic (exact) mass is 900 g/mol. The quantitative estimate of drug-likeness (QED) is 0.153. The van der Waals surface area contributed by atoms with E-state index in [2.05, 4.69) is 0 Å². The fourth-order valence-electron chi connectivity index (χ4n) is 9.89. The number of amides is 1. The Balaban J connectivity index is 1.69. The Hall–Kier alpha value is -3.37. The minimum absolute atomic E-state index is 0.0365.